The molecule has 0 aliphatic heterocycles. The molecule has 0 amide bonds. The summed E-state index contributed by atoms with van der Waals surface area (Å²) in [6.45, 7) is 9.60. The number of carbonyl (C=O) groups is 1. The van der Waals surface area contributed by atoms with E-state index in [1.54, 1.807) is 6.92 Å². The molecule has 47 valence electrons. The van der Waals surface area contributed by atoms with Crippen molar-refractivity contribution in [1.82, 2.24) is 0 Å². The highest BCUT2D eigenvalue weighted by molar-refractivity contribution is 5.84. The van der Waals surface area contributed by atoms with Gasteiger partial charge in [0.05, 0.1) is 0 Å². The summed E-state index contributed by atoms with van der Waals surface area (Å²) in [5.41, 5.74) is 0.176. The van der Waals surface area contributed by atoms with Gasteiger partial charge in [-0.15, -0.1) is 0 Å². The van der Waals surface area contributed by atoms with Crippen molar-refractivity contribution in [2.24, 2.45) is 0 Å². The molecule has 0 spiro atoms. The van der Waals surface area contributed by atoms with E-state index >= 15 is 0 Å². The minimum Gasteiger partial charge on any atom is -0.478 e. The first-order valence-corrected chi connectivity index (χ1v) is 2.24. The van der Waals surface area contributed by atoms with Crippen molar-refractivity contribution in [3.8, 4) is 0 Å². The molecule has 8 heavy (non-hydrogen) atoms. The van der Waals surface area contributed by atoms with E-state index in [9.17, 15) is 4.79 Å². The summed E-state index contributed by atoms with van der Waals surface area (Å²) in [6, 6.07) is 0. The van der Waals surface area contributed by atoms with Crippen LogP contribution in [-0.2, 0) is 4.79 Å². The maximum atomic E-state index is 9.60. The zero-order valence-corrected chi connectivity index (χ0v) is 5.27. The van der Waals surface area contributed by atoms with E-state index in [0.29, 0.717) is 0 Å². The lowest BCUT2D eigenvalue weighted by molar-refractivity contribution is -0.132. The van der Waals surface area contributed by atoms with Gasteiger partial charge in [-0.1, -0.05) is 20.4 Å². The molecule has 2 nitrogen and oxygen atoms in total. The molecule has 0 bridgehead atoms. The largest absolute Gasteiger partial charge is 0.478 e. The third kappa shape index (κ3) is 8.96. The number of aliphatic carboxylic acids is 1. The van der Waals surface area contributed by atoms with Gasteiger partial charge in [0.2, 0.25) is 0 Å². The lowest BCUT2D eigenvalue weighted by Crippen LogP contribution is -1.92. The molecule has 0 aliphatic carbocycles. The van der Waals surface area contributed by atoms with Gasteiger partial charge in [0.25, 0.3) is 0 Å². The predicted octanol–water partition coefficient (Wildman–Crippen LogP) is 1.49. The molecule has 0 aromatic heterocycles. The van der Waals surface area contributed by atoms with Crippen molar-refractivity contribution in [2.75, 3.05) is 0 Å². The zero-order valence-electron chi connectivity index (χ0n) is 5.27. The summed E-state index contributed by atoms with van der Waals surface area (Å²) in [5, 5.41) is 7.89. The second-order valence-corrected chi connectivity index (χ2v) is 1.09. The standard InChI is InChI=1S/C4H6O2.C2H5/c1-3(2)4(5)6;1-2/h1H2,2H3,(H,5,6);1H2,2H3. The average Bonchev–Trinajstić information content (AvgIpc) is 1.72. The van der Waals surface area contributed by atoms with Crippen molar-refractivity contribution >= 4 is 5.97 Å². The lowest BCUT2D eigenvalue weighted by Gasteiger charge is -1.79. The van der Waals surface area contributed by atoms with Gasteiger partial charge < -0.3 is 5.11 Å². The van der Waals surface area contributed by atoms with E-state index in [0.717, 1.165) is 0 Å². The molecule has 0 rings (SSSR count). The molecule has 0 aliphatic rings. The fourth-order valence-electron chi connectivity index (χ4n) is 0. The van der Waals surface area contributed by atoms with Crippen LogP contribution >= 0.6 is 0 Å². The molecular formula is C6H11O2. The fourth-order valence-corrected chi connectivity index (χ4v) is 0. The molecule has 0 fully saturated rings. The Bertz CT molecular complexity index is 72.5. The van der Waals surface area contributed by atoms with Crippen LogP contribution in [0.3, 0.4) is 0 Å². The molecule has 2 heteroatoms. The Morgan fingerprint density at radius 2 is 1.62 bits per heavy atom. The highest BCUT2D eigenvalue weighted by atomic mass is 16.4. The number of rotatable bonds is 1. The highest BCUT2D eigenvalue weighted by Crippen LogP contribution is 1.81. The average molecular weight is 115 g/mol. The Kier molecular flexibility index (Phi) is 7.95. The van der Waals surface area contributed by atoms with Gasteiger partial charge in [0, 0.05) is 5.57 Å². The third-order valence-corrected chi connectivity index (χ3v) is 0.365. The summed E-state index contributed by atoms with van der Waals surface area (Å²) in [5.74, 6) is -0.935. The summed E-state index contributed by atoms with van der Waals surface area (Å²) in [7, 11) is 0. The molecule has 0 aromatic carbocycles. The monoisotopic (exact) mass is 115 g/mol. The molecule has 0 aromatic rings. The highest BCUT2D eigenvalue weighted by Gasteiger charge is 1.90. The van der Waals surface area contributed by atoms with Crippen LogP contribution in [0, 0.1) is 6.92 Å². The van der Waals surface area contributed by atoms with Crippen LogP contribution in [0.25, 0.3) is 0 Å². The lowest BCUT2D eigenvalue weighted by atomic mass is 10.4. The number of hydrogen-bond donors (Lipinski definition) is 1. The Morgan fingerprint density at radius 1 is 1.50 bits per heavy atom. The van der Waals surface area contributed by atoms with Crippen molar-refractivity contribution < 1.29 is 9.90 Å². The molecule has 0 unspecified atom stereocenters. The summed E-state index contributed by atoms with van der Waals surface area (Å²) >= 11 is 0. The van der Waals surface area contributed by atoms with Crippen LogP contribution < -0.4 is 0 Å². The SMILES string of the molecule is C=C(C)C(=O)O.[CH2]C. The molecule has 1 N–H and O–H groups in total. The van der Waals surface area contributed by atoms with E-state index < -0.39 is 5.97 Å². The third-order valence-electron chi connectivity index (χ3n) is 0.365. The summed E-state index contributed by atoms with van der Waals surface area (Å²) in [4.78, 5) is 9.60. The van der Waals surface area contributed by atoms with E-state index in [2.05, 4.69) is 13.5 Å². The van der Waals surface area contributed by atoms with E-state index in [1.165, 1.54) is 6.92 Å². The first-order valence-electron chi connectivity index (χ1n) is 2.24. The first kappa shape index (κ1) is 10.2. The van der Waals surface area contributed by atoms with Crippen LogP contribution in [0.4, 0.5) is 0 Å². The van der Waals surface area contributed by atoms with Gasteiger partial charge in [0.15, 0.2) is 0 Å². The Labute approximate surface area is 49.8 Å². The van der Waals surface area contributed by atoms with Crippen LogP contribution in [0.5, 0.6) is 0 Å². The number of carboxylic acid groups (broad SMARTS) is 1. The molecule has 0 heterocycles. The number of hydrogen-bond acceptors (Lipinski definition) is 1. The maximum Gasteiger partial charge on any atom is 0.330 e. The van der Waals surface area contributed by atoms with Gasteiger partial charge >= 0.3 is 5.97 Å². The topological polar surface area (TPSA) is 37.3 Å². The van der Waals surface area contributed by atoms with Crippen molar-refractivity contribution in [3.63, 3.8) is 0 Å². The van der Waals surface area contributed by atoms with Crippen LogP contribution in [0.1, 0.15) is 13.8 Å². The quantitative estimate of drug-likeness (QED) is 0.525. The molecule has 0 saturated heterocycles. The fraction of sp³-hybridized carbons (Fsp3) is 0.333. The molecule has 0 atom stereocenters. The molecule has 1 radical (unpaired) electrons. The van der Waals surface area contributed by atoms with Gasteiger partial charge in [0.1, 0.15) is 0 Å². The van der Waals surface area contributed by atoms with Gasteiger partial charge in [-0.25, -0.2) is 4.79 Å². The second-order valence-electron chi connectivity index (χ2n) is 1.09. The van der Waals surface area contributed by atoms with E-state index in [-0.39, 0.29) is 5.57 Å². The second kappa shape index (κ2) is 6.21. The summed E-state index contributed by atoms with van der Waals surface area (Å²) < 4.78 is 0. The van der Waals surface area contributed by atoms with Gasteiger partial charge in [-0.2, -0.15) is 0 Å². The minimum atomic E-state index is -0.935. The van der Waals surface area contributed by atoms with Crippen molar-refractivity contribution in [1.29, 1.82) is 0 Å². The van der Waals surface area contributed by atoms with Crippen LogP contribution in [-0.4, -0.2) is 11.1 Å². The molecule has 0 saturated carbocycles. The number of carboxylic acids is 1. The van der Waals surface area contributed by atoms with Crippen LogP contribution in [0.15, 0.2) is 12.2 Å². The predicted molar refractivity (Wildman–Crippen MR) is 33.5 cm³/mol. The smallest absolute Gasteiger partial charge is 0.330 e. The zero-order chi connectivity index (χ0) is 7.15. The Morgan fingerprint density at radius 3 is 1.62 bits per heavy atom. The van der Waals surface area contributed by atoms with Crippen molar-refractivity contribution in [2.45, 2.75) is 13.8 Å². The van der Waals surface area contributed by atoms with E-state index in [1.807, 2.05) is 0 Å². The van der Waals surface area contributed by atoms with E-state index in [4.69, 9.17) is 5.11 Å². The maximum absolute atomic E-state index is 9.60. The van der Waals surface area contributed by atoms with Gasteiger partial charge in [-0.05, 0) is 6.92 Å². The normalized spacial score (nSPS) is 6.38. The molecular weight excluding hydrogens is 104 g/mol. The Balaban J connectivity index is 0. The first-order chi connectivity index (χ1) is 3.64. The summed E-state index contributed by atoms with van der Waals surface area (Å²) in [6.07, 6.45) is 0. The van der Waals surface area contributed by atoms with Crippen molar-refractivity contribution in [3.05, 3.63) is 19.1 Å². The van der Waals surface area contributed by atoms with Gasteiger partial charge in [-0.3, -0.25) is 0 Å². The minimum absolute atomic E-state index is 0.176. The Hall–Kier alpha value is -0.790. The van der Waals surface area contributed by atoms with Crippen LogP contribution in [0.2, 0.25) is 0 Å².